The third kappa shape index (κ3) is 1.92. The predicted molar refractivity (Wildman–Crippen MR) is 70.1 cm³/mol. The van der Waals surface area contributed by atoms with Crippen LogP contribution in [0.25, 0.3) is 11.0 Å². The van der Waals surface area contributed by atoms with Gasteiger partial charge in [0.05, 0.1) is 11.0 Å². The molecule has 0 radical (unpaired) electrons. The lowest BCUT2D eigenvalue weighted by molar-refractivity contribution is 0.773. The van der Waals surface area contributed by atoms with Crippen LogP contribution >= 0.6 is 24.0 Å². The van der Waals surface area contributed by atoms with E-state index in [1.165, 1.54) is 11.3 Å². The summed E-state index contributed by atoms with van der Waals surface area (Å²) in [5, 5.41) is 0. The monoisotopic (exact) mass is 302 g/mol. The Balaban J connectivity index is 0.000000980. The summed E-state index contributed by atoms with van der Waals surface area (Å²) in [6.07, 6.45) is 2.21. The molecule has 3 heteroatoms. The second-order valence-corrected chi connectivity index (χ2v) is 3.33. The largest absolute Gasteiger partial charge is 0.331 e. The first-order valence-corrected chi connectivity index (χ1v) is 4.73. The molecule has 0 unspecified atom stereocenters. The third-order valence-electron chi connectivity index (χ3n) is 2.35. The highest BCUT2D eigenvalue weighted by molar-refractivity contribution is 14.0. The molecule has 0 aliphatic heterocycles. The van der Waals surface area contributed by atoms with Crippen LogP contribution in [0.4, 0.5) is 0 Å². The second kappa shape index (κ2) is 4.77. The normalized spacial score (nSPS) is 10.1. The van der Waals surface area contributed by atoms with Gasteiger partial charge in [-0.3, -0.25) is 0 Å². The van der Waals surface area contributed by atoms with Gasteiger partial charge in [-0.25, -0.2) is 4.98 Å². The van der Waals surface area contributed by atoms with Crippen LogP contribution in [0.3, 0.4) is 0 Å². The molecule has 1 aromatic heterocycles. The standard InChI is InChI=1S/C11H14N2.HI/c1-3-6-11-12-9-7-4-5-8-10(9)13(11)2;/h4-5,7-8H,3,6H2,1-2H3;1H. The van der Waals surface area contributed by atoms with E-state index in [-0.39, 0.29) is 24.0 Å². The maximum atomic E-state index is 4.56. The molecule has 2 aromatic rings. The van der Waals surface area contributed by atoms with Crippen molar-refractivity contribution in [3.05, 3.63) is 30.1 Å². The summed E-state index contributed by atoms with van der Waals surface area (Å²) in [6.45, 7) is 2.18. The Kier molecular flexibility index (Phi) is 3.92. The zero-order chi connectivity index (χ0) is 9.26. The molecule has 1 heterocycles. The Morgan fingerprint density at radius 1 is 1.29 bits per heavy atom. The maximum Gasteiger partial charge on any atom is 0.109 e. The number of imidazole rings is 1. The van der Waals surface area contributed by atoms with Crippen molar-refractivity contribution in [2.75, 3.05) is 0 Å². The van der Waals surface area contributed by atoms with Crippen molar-refractivity contribution in [2.24, 2.45) is 7.05 Å². The average Bonchev–Trinajstić information content (AvgIpc) is 2.46. The summed E-state index contributed by atoms with van der Waals surface area (Å²) in [4.78, 5) is 4.56. The van der Waals surface area contributed by atoms with Crippen molar-refractivity contribution >= 4 is 35.0 Å². The fourth-order valence-corrected chi connectivity index (χ4v) is 1.64. The Morgan fingerprint density at radius 2 is 2.00 bits per heavy atom. The van der Waals surface area contributed by atoms with Gasteiger partial charge in [-0.15, -0.1) is 24.0 Å². The van der Waals surface area contributed by atoms with Crippen LogP contribution in [0.5, 0.6) is 0 Å². The highest BCUT2D eigenvalue weighted by atomic mass is 127. The molecule has 0 bridgehead atoms. The summed E-state index contributed by atoms with van der Waals surface area (Å²) in [5.41, 5.74) is 2.33. The van der Waals surface area contributed by atoms with Gasteiger partial charge in [-0.05, 0) is 18.6 Å². The fraction of sp³-hybridized carbons (Fsp3) is 0.364. The van der Waals surface area contributed by atoms with E-state index in [0.717, 1.165) is 18.4 Å². The molecule has 0 aliphatic carbocycles. The zero-order valence-corrected chi connectivity index (χ0v) is 10.9. The van der Waals surface area contributed by atoms with Crippen molar-refractivity contribution in [1.82, 2.24) is 9.55 Å². The molecule has 1 aromatic carbocycles. The number of para-hydroxylation sites is 2. The molecule has 0 atom stereocenters. The highest BCUT2D eigenvalue weighted by Gasteiger charge is 2.04. The molecule has 0 saturated carbocycles. The Hall–Kier alpha value is -0.580. The number of fused-ring (bicyclic) bond motifs is 1. The molecule has 0 amide bonds. The summed E-state index contributed by atoms with van der Waals surface area (Å²) in [5.74, 6) is 1.18. The van der Waals surface area contributed by atoms with Gasteiger partial charge >= 0.3 is 0 Å². The Bertz CT molecular complexity index is 420. The molecular weight excluding hydrogens is 287 g/mol. The highest BCUT2D eigenvalue weighted by Crippen LogP contribution is 2.14. The quantitative estimate of drug-likeness (QED) is 0.779. The van der Waals surface area contributed by atoms with Crippen LogP contribution in [-0.2, 0) is 13.5 Å². The molecule has 0 aliphatic rings. The third-order valence-corrected chi connectivity index (χ3v) is 2.35. The Morgan fingerprint density at radius 3 is 2.64 bits per heavy atom. The summed E-state index contributed by atoms with van der Waals surface area (Å²) >= 11 is 0. The zero-order valence-electron chi connectivity index (χ0n) is 8.53. The van der Waals surface area contributed by atoms with Gasteiger partial charge in [0.1, 0.15) is 5.82 Å². The van der Waals surface area contributed by atoms with E-state index >= 15 is 0 Å². The van der Waals surface area contributed by atoms with E-state index in [4.69, 9.17) is 0 Å². The van der Waals surface area contributed by atoms with Crippen molar-refractivity contribution in [2.45, 2.75) is 19.8 Å². The van der Waals surface area contributed by atoms with Gasteiger partial charge in [0.25, 0.3) is 0 Å². The van der Waals surface area contributed by atoms with Gasteiger partial charge < -0.3 is 4.57 Å². The van der Waals surface area contributed by atoms with Gasteiger partial charge in [0.2, 0.25) is 0 Å². The molecular formula is C11H15IN2. The van der Waals surface area contributed by atoms with Crippen LogP contribution in [0.2, 0.25) is 0 Å². The minimum atomic E-state index is 0. The SMILES string of the molecule is CCCc1nc2ccccc2n1C.I. The fourth-order valence-electron chi connectivity index (χ4n) is 1.64. The number of hydrogen-bond donors (Lipinski definition) is 0. The van der Waals surface area contributed by atoms with E-state index in [0.29, 0.717) is 0 Å². The lowest BCUT2D eigenvalue weighted by Crippen LogP contribution is -1.96. The van der Waals surface area contributed by atoms with Crippen molar-refractivity contribution in [3.8, 4) is 0 Å². The van der Waals surface area contributed by atoms with E-state index < -0.39 is 0 Å². The van der Waals surface area contributed by atoms with E-state index in [9.17, 15) is 0 Å². The first kappa shape index (κ1) is 11.5. The van der Waals surface area contributed by atoms with E-state index in [1.54, 1.807) is 0 Å². The summed E-state index contributed by atoms with van der Waals surface area (Å²) in [7, 11) is 2.08. The lowest BCUT2D eigenvalue weighted by atomic mass is 10.3. The number of aryl methyl sites for hydroxylation is 2. The van der Waals surface area contributed by atoms with Gasteiger partial charge in [-0.1, -0.05) is 19.1 Å². The molecule has 14 heavy (non-hydrogen) atoms. The summed E-state index contributed by atoms with van der Waals surface area (Å²) in [6, 6.07) is 8.26. The van der Waals surface area contributed by atoms with Crippen LogP contribution in [0.15, 0.2) is 24.3 Å². The average molecular weight is 302 g/mol. The number of rotatable bonds is 2. The molecule has 76 valence electrons. The topological polar surface area (TPSA) is 17.8 Å². The first-order valence-electron chi connectivity index (χ1n) is 4.73. The number of halogens is 1. The number of benzene rings is 1. The van der Waals surface area contributed by atoms with Crippen LogP contribution in [0, 0.1) is 0 Å². The predicted octanol–water partition coefficient (Wildman–Crippen LogP) is 3.14. The van der Waals surface area contributed by atoms with Gasteiger partial charge in [0, 0.05) is 13.5 Å². The first-order chi connectivity index (χ1) is 6.33. The smallest absolute Gasteiger partial charge is 0.109 e. The number of aromatic nitrogens is 2. The maximum absolute atomic E-state index is 4.56. The molecule has 0 spiro atoms. The molecule has 0 fully saturated rings. The van der Waals surface area contributed by atoms with Crippen LogP contribution < -0.4 is 0 Å². The molecule has 0 saturated heterocycles. The minimum absolute atomic E-state index is 0. The molecule has 2 rings (SSSR count). The van der Waals surface area contributed by atoms with Gasteiger partial charge in [0.15, 0.2) is 0 Å². The second-order valence-electron chi connectivity index (χ2n) is 3.33. The number of hydrogen-bond acceptors (Lipinski definition) is 1. The molecule has 2 nitrogen and oxygen atoms in total. The van der Waals surface area contributed by atoms with Crippen LogP contribution in [-0.4, -0.2) is 9.55 Å². The van der Waals surface area contributed by atoms with Crippen LogP contribution in [0.1, 0.15) is 19.2 Å². The van der Waals surface area contributed by atoms with E-state index in [1.807, 2.05) is 6.07 Å². The number of nitrogens with zero attached hydrogens (tertiary/aromatic N) is 2. The minimum Gasteiger partial charge on any atom is -0.331 e. The molecule has 0 N–H and O–H groups in total. The van der Waals surface area contributed by atoms with Crippen molar-refractivity contribution in [1.29, 1.82) is 0 Å². The Labute approximate surface area is 101 Å². The lowest BCUT2D eigenvalue weighted by Gasteiger charge is -1.98. The van der Waals surface area contributed by atoms with E-state index in [2.05, 4.69) is 41.7 Å². The van der Waals surface area contributed by atoms with Crippen molar-refractivity contribution < 1.29 is 0 Å². The summed E-state index contributed by atoms with van der Waals surface area (Å²) < 4.78 is 2.18. The van der Waals surface area contributed by atoms with Crippen molar-refractivity contribution in [3.63, 3.8) is 0 Å². The van der Waals surface area contributed by atoms with Gasteiger partial charge in [-0.2, -0.15) is 0 Å².